The number of rotatable bonds is 6. The molecule has 1 heterocycles. The van der Waals surface area contributed by atoms with Gasteiger partial charge in [0.15, 0.2) is 5.75 Å². The number of alkyl halides is 3. The lowest BCUT2D eigenvalue weighted by molar-refractivity contribution is -0.385. The molecule has 1 aliphatic heterocycles. The average Bonchev–Trinajstić information content (AvgIpc) is 3.09. The molecule has 0 atom stereocenters. The fourth-order valence-electron chi connectivity index (χ4n) is 3.35. The molecule has 196 valence electrons. The van der Waals surface area contributed by atoms with Crippen LogP contribution in [0.3, 0.4) is 0 Å². The number of ether oxygens (including phenoxy) is 1. The van der Waals surface area contributed by atoms with E-state index in [1.807, 2.05) is 24.3 Å². The molecule has 7 nitrogen and oxygen atoms in total. The van der Waals surface area contributed by atoms with Crippen molar-refractivity contribution in [2.45, 2.75) is 12.7 Å². The summed E-state index contributed by atoms with van der Waals surface area (Å²) in [7, 11) is 0. The highest BCUT2D eigenvalue weighted by Crippen LogP contribution is 2.43. The summed E-state index contributed by atoms with van der Waals surface area (Å²) >= 11 is 9.55. The third kappa shape index (κ3) is 6.40. The van der Waals surface area contributed by atoms with E-state index < -0.39 is 39.2 Å². The van der Waals surface area contributed by atoms with Crippen molar-refractivity contribution in [1.82, 2.24) is 4.90 Å². The van der Waals surface area contributed by atoms with Crippen LogP contribution in [0.2, 0.25) is 0 Å². The molecule has 0 N–H and O–H groups in total. The first-order valence-corrected chi connectivity index (χ1v) is 13.8. The lowest BCUT2D eigenvalue weighted by atomic mass is 10.1. The number of hydrogen-bond acceptors (Lipinski definition) is 6. The number of halogens is 6. The number of carbonyl (C=O) groups is 2. The summed E-state index contributed by atoms with van der Waals surface area (Å²) in [5.41, 5.74) is -0.735. The molecule has 1 fully saturated rings. The number of amides is 2. The minimum absolute atomic E-state index is 0.0665. The molecule has 3 aromatic carbocycles. The standard InChI is InChI=1S/C24H12Br2F3IN2O5S/c25-16-7-13(9-20-22(33)31(23(34)38-20)11-12-1-4-15(30)5-2-12)8-17(26)21(16)37-19-6-3-14(24(27,28)29)10-18(19)32(35)36/h1-10H,11H2/b20-9-. The summed E-state index contributed by atoms with van der Waals surface area (Å²) in [6.07, 6.45) is -3.25. The second-order valence-electron chi connectivity index (χ2n) is 7.75. The Balaban J connectivity index is 1.58. The van der Waals surface area contributed by atoms with Gasteiger partial charge in [-0.3, -0.25) is 24.6 Å². The fraction of sp³-hybridized carbons (Fsp3) is 0.0833. The number of hydrogen-bond donors (Lipinski definition) is 0. The molecule has 2 amide bonds. The molecule has 0 unspecified atom stereocenters. The van der Waals surface area contributed by atoms with E-state index in [9.17, 15) is 32.9 Å². The number of thioether (sulfide) groups is 1. The number of nitro groups is 1. The molecular weight excluding hydrogens is 772 g/mol. The van der Waals surface area contributed by atoms with Gasteiger partial charge in [-0.25, -0.2) is 0 Å². The zero-order valence-electron chi connectivity index (χ0n) is 18.6. The van der Waals surface area contributed by atoms with Crippen LogP contribution in [-0.4, -0.2) is 21.0 Å². The summed E-state index contributed by atoms with van der Waals surface area (Å²) in [5.74, 6) is -0.780. The number of carbonyl (C=O) groups excluding carboxylic acids is 2. The third-order valence-electron chi connectivity index (χ3n) is 5.14. The quantitative estimate of drug-likeness (QED) is 0.108. The molecular formula is C24H12Br2F3IN2O5S. The molecule has 3 aromatic rings. The van der Waals surface area contributed by atoms with Gasteiger partial charge in [0.25, 0.3) is 11.1 Å². The van der Waals surface area contributed by atoms with Gasteiger partial charge in [-0.05, 0) is 120 Å². The lowest BCUT2D eigenvalue weighted by Gasteiger charge is -2.13. The zero-order valence-corrected chi connectivity index (χ0v) is 24.7. The number of nitro benzene ring substituents is 1. The minimum Gasteiger partial charge on any atom is -0.448 e. The Labute approximate surface area is 248 Å². The molecule has 1 aliphatic rings. The van der Waals surface area contributed by atoms with E-state index in [4.69, 9.17) is 4.74 Å². The van der Waals surface area contributed by atoms with Crippen molar-refractivity contribution in [2.24, 2.45) is 0 Å². The van der Waals surface area contributed by atoms with Crippen molar-refractivity contribution in [2.75, 3.05) is 0 Å². The third-order valence-corrected chi connectivity index (χ3v) is 7.95. The summed E-state index contributed by atoms with van der Waals surface area (Å²) in [5, 5.41) is 11.0. The second kappa shape index (κ2) is 11.4. The van der Waals surface area contributed by atoms with Crippen molar-refractivity contribution in [3.05, 3.63) is 98.8 Å². The summed E-state index contributed by atoms with van der Waals surface area (Å²) in [6.45, 7) is 0.130. The fourth-order valence-corrected chi connectivity index (χ4v) is 5.93. The van der Waals surface area contributed by atoms with Crippen LogP contribution in [0, 0.1) is 13.7 Å². The Morgan fingerprint density at radius 3 is 2.26 bits per heavy atom. The summed E-state index contributed by atoms with van der Waals surface area (Å²) in [6, 6.07) is 12.5. The van der Waals surface area contributed by atoms with Gasteiger partial charge in [-0.1, -0.05) is 12.1 Å². The largest absolute Gasteiger partial charge is 0.448 e. The minimum atomic E-state index is -4.76. The number of benzene rings is 3. The van der Waals surface area contributed by atoms with E-state index in [-0.39, 0.29) is 17.2 Å². The predicted octanol–water partition coefficient (Wildman–Crippen LogP) is 8.77. The monoisotopic (exact) mass is 782 g/mol. The van der Waals surface area contributed by atoms with Gasteiger partial charge >= 0.3 is 11.9 Å². The molecule has 0 aromatic heterocycles. The highest BCUT2D eigenvalue weighted by atomic mass is 127. The zero-order chi connectivity index (χ0) is 27.8. The second-order valence-corrected chi connectivity index (χ2v) is 11.7. The molecule has 38 heavy (non-hydrogen) atoms. The summed E-state index contributed by atoms with van der Waals surface area (Å²) in [4.78, 5) is 37.1. The number of imide groups is 1. The first kappa shape index (κ1) is 28.6. The molecule has 0 aliphatic carbocycles. The van der Waals surface area contributed by atoms with Crippen molar-refractivity contribution >= 4 is 89.1 Å². The highest BCUT2D eigenvalue weighted by molar-refractivity contribution is 14.1. The predicted molar refractivity (Wildman–Crippen MR) is 151 cm³/mol. The van der Waals surface area contributed by atoms with Gasteiger partial charge in [0.05, 0.1) is 30.9 Å². The summed E-state index contributed by atoms with van der Waals surface area (Å²) < 4.78 is 46.2. The van der Waals surface area contributed by atoms with Crippen LogP contribution in [0.25, 0.3) is 6.08 Å². The molecule has 0 spiro atoms. The van der Waals surface area contributed by atoms with Crippen LogP contribution in [0.4, 0.5) is 23.7 Å². The first-order chi connectivity index (χ1) is 17.8. The van der Waals surface area contributed by atoms with E-state index in [2.05, 4.69) is 54.5 Å². The van der Waals surface area contributed by atoms with Crippen molar-refractivity contribution < 1.29 is 32.4 Å². The van der Waals surface area contributed by atoms with E-state index in [1.165, 1.54) is 6.08 Å². The van der Waals surface area contributed by atoms with E-state index in [0.717, 1.165) is 31.9 Å². The first-order valence-electron chi connectivity index (χ1n) is 10.4. The normalized spacial score (nSPS) is 14.9. The van der Waals surface area contributed by atoms with Gasteiger partial charge in [-0.15, -0.1) is 0 Å². The topological polar surface area (TPSA) is 89.7 Å². The SMILES string of the molecule is O=C1S/C(=C\c2cc(Br)c(Oc3ccc(C(F)(F)F)cc3[N+](=O)[O-])c(Br)c2)C(=O)N1Cc1ccc(I)cc1. The van der Waals surface area contributed by atoms with Crippen molar-refractivity contribution in [1.29, 1.82) is 0 Å². The molecule has 1 saturated heterocycles. The Morgan fingerprint density at radius 1 is 1.05 bits per heavy atom. The highest BCUT2D eigenvalue weighted by Gasteiger charge is 2.35. The maximum Gasteiger partial charge on any atom is 0.416 e. The van der Waals surface area contributed by atoms with Gasteiger partial charge in [-0.2, -0.15) is 13.2 Å². The molecule has 0 bridgehead atoms. The lowest BCUT2D eigenvalue weighted by Crippen LogP contribution is -2.27. The van der Waals surface area contributed by atoms with Gasteiger partial charge in [0.2, 0.25) is 5.75 Å². The van der Waals surface area contributed by atoms with E-state index >= 15 is 0 Å². The van der Waals surface area contributed by atoms with Crippen LogP contribution in [0.5, 0.6) is 11.5 Å². The Hall–Kier alpha value is -2.43. The molecule has 0 radical (unpaired) electrons. The van der Waals surface area contributed by atoms with E-state index in [0.29, 0.717) is 26.6 Å². The molecule has 4 rings (SSSR count). The van der Waals surface area contributed by atoms with Crippen molar-refractivity contribution in [3.63, 3.8) is 0 Å². The van der Waals surface area contributed by atoms with Gasteiger partial charge in [0, 0.05) is 9.64 Å². The smallest absolute Gasteiger partial charge is 0.416 e. The number of nitrogens with zero attached hydrogens (tertiary/aromatic N) is 2. The van der Waals surface area contributed by atoms with E-state index in [1.54, 1.807) is 12.1 Å². The molecule has 14 heteroatoms. The Kier molecular flexibility index (Phi) is 8.54. The van der Waals surface area contributed by atoms with Gasteiger partial charge in [0.1, 0.15) is 0 Å². The van der Waals surface area contributed by atoms with Crippen LogP contribution in [-0.2, 0) is 17.5 Å². The molecule has 0 saturated carbocycles. The average molecular weight is 784 g/mol. The van der Waals surface area contributed by atoms with Crippen molar-refractivity contribution in [3.8, 4) is 11.5 Å². The van der Waals surface area contributed by atoms with Crippen LogP contribution in [0.1, 0.15) is 16.7 Å². The Bertz CT molecular complexity index is 1480. The maximum atomic E-state index is 13.0. The van der Waals surface area contributed by atoms with Crippen LogP contribution in [0.15, 0.2) is 68.4 Å². The Morgan fingerprint density at radius 2 is 1.68 bits per heavy atom. The van der Waals surface area contributed by atoms with Crippen LogP contribution >= 0.6 is 66.2 Å². The van der Waals surface area contributed by atoms with Crippen LogP contribution < -0.4 is 4.74 Å². The maximum absolute atomic E-state index is 13.0. The van der Waals surface area contributed by atoms with Gasteiger partial charge < -0.3 is 4.74 Å².